The molecule has 0 spiro atoms. The second-order valence-corrected chi connectivity index (χ2v) is 19.6. The molecule has 0 heterocycles. The van der Waals surface area contributed by atoms with Crippen molar-refractivity contribution in [1.82, 2.24) is 5.32 Å². The molecule has 0 aliphatic rings. The first-order valence-electron chi connectivity index (χ1n) is 27.8. The van der Waals surface area contributed by atoms with Crippen molar-refractivity contribution in [2.75, 3.05) is 6.61 Å². The Bertz CT molecular complexity index is 807. The fourth-order valence-electron chi connectivity index (χ4n) is 9.17. The van der Waals surface area contributed by atoms with Gasteiger partial charge in [0.1, 0.15) is 0 Å². The molecule has 0 saturated heterocycles. The number of carbonyl (C=O) groups is 1. The van der Waals surface area contributed by atoms with Gasteiger partial charge in [-0.25, -0.2) is 0 Å². The lowest BCUT2D eigenvalue weighted by Crippen LogP contribution is -2.46. The Labute approximate surface area is 377 Å². The second-order valence-electron chi connectivity index (χ2n) is 19.6. The molecule has 0 rings (SSSR count). The molecule has 0 aromatic rings. The maximum atomic E-state index is 12.5. The molecule has 5 nitrogen and oxygen atoms in total. The molecule has 0 bridgehead atoms. The number of unbranched alkanes of at least 4 members (excludes halogenated alkanes) is 43. The molecule has 0 fully saturated rings. The van der Waals surface area contributed by atoms with Crippen LogP contribution in [0.1, 0.15) is 322 Å². The van der Waals surface area contributed by atoms with Crippen molar-refractivity contribution in [3.63, 3.8) is 0 Å². The molecule has 360 valence electrons. The molecule has 0 saturated carbocycles. The molecule has 0 aromatic carbocycles. The van der Waals surface area contributed by atoms with Gasteiger partial charge in [-0.05, 0) is 12.8 Å². The zero-order chi connectivity index (χ0) is 43.7. The minimum absolute atomic E-state index is 0.0436. The SMILES string of the molecule is CCCCCCCCCCCCCCCCCCCCCCCCCCC(O)CC(=O)NC(CO)C(O)CCCCCCCCCCCCCCCCCCCCCCC. The molecule has 0 aromatic heterocycles. The quantitative estimate of drug-likeness (QED) is 0.0459. The number of carbonyl (C=O) groups excluding carboxylic acids is 1. The summed E-state index contributed by atoms with van der Waals surface area (Å²) in [6.07, 6.45) is 61.1. The number of hydrogen-bond acceptors (Lipinski definition) is 4. The summed E-state index contributed by atoms with van der Waals surface area (Å²) in [6, 6.07) is -0.654. The molecule has 3 unspecified atom stereocenters. The van der Waals surface area contributed by atoms with Crippen LogP contribution in [-0.2, 0) is 4.79 Å². The molecule has 3 atom stereocenters. The van der Waals surface area contributed by atoms with Gasteiger partial charge < -0.3 is 20.6 Å². The Hall–Kier alpha value is -0.650. The molecule has 60 heavy (non-hydrogen) atoms. The lowest BCUT2D eigenvalue weighted by molar-refractivity contribution is -0.125. The summed E-state index contributed by atoms with van der Waals surface area (Å²) >= 11 is 0. The van der Waals surface area contributed by atoms with Crippen LogP contribution in [0.4, 0.5) is 0 Å². The first-order valence-corrected chi connectivity index (χ1v) is 27.8. The minimum Gasteiger partial charge on any atom is -0.394 e. The molecule has 0 radical (unpaired) electrons. The van der Waals surface area contributed by atoms with E-state index in [-0.39, 0.29) is 18.9 Å². The molecule has 0 aliphatic carbocycles. The van der Waals surface area contributed by atoms with E-state index in [1.54, 1.807) is 0 Å². The number of hydrogen-bond donors (Lipinski definition) is 4. The van der Waals surface area contributed by atoms with Crippen molar-refractivity contribution in [1.29, 1.82) is 0 Å². The number of rotatable bonds is 52. The highest BCUT2D eigenvalue weighted by Gasteiger charge is 2.21. The monoisotopic (exact) mass is 850 g/mol. The van der Waals surface area contributed by atoms with Gasteiger partial charge in [0, 0.05) is 0 Å². The van der Waals surface area contributed by atoms with E-state index in [1.165, 1.54) is 263 Å². The minimum atomic E-state index is -0.745. The normalized spacial score (nSPS) is 13.2. The lowest BCUT2D eigenvalue weighted by atomic mass is 10.0. The number of nitrogens with one attached hydrogen (secondary N) is 1. The first-order chi connectivity index (χ1) is 29.5. The zero-order valence-electron chi connectivity index (χ0n) is 41.1. The van der Waals surface area contributed by atoms with Crippen molar-refractivity contribution in [3.05, 3.63) is 0 Å². The van der Waals surface area contributed by atoms with Crippen molar-refractivity contribution in [3.8, 4) is 0 Å². The molecular formula is C55H111NO4. The van der Waals surface area contributed by atoms with Crippen LogP contribution >= 0.6 is 0 Å². The van der Waals surface area contributed by atoms with Gasteiger partial charge in [0.05, 0.1) is 31.3 Å². The topological polar surface area (TPSA) is 89.8 Å². The molecular weight excluding hydrogens is 739 g/mol. The summed E-state index contributed by atoms with van der Waals surface area (Å²) in [5.41, 5.74) is 0. The van der Waals surface area contributed by atoms with E-state index in [0.717, 1.165) is 25.7 Å². The summed E-state index contributed by atoms with van der Waals surface area (Å²) in [4.78, 5) is 12.5. The lowest BCUT2D eigenvalue weighted by Gasteiger charge is -2.23. The van der Waals surface area contributed by atoms with E-state index in [4.69, 9.17) is 0 Å². The standard InChI is InChI=1S/C55H111NO4/c1-3-5-7-9-11-13-15-17-19-21-23-25-26-27-29-30-32-34-36-38-40-42-44-46-48-52(58)50-55(60)56-53(51-57)54(59)49-47-45-43-41-39-37-35-33-31-28-24-22-20-18-16-14-12-10-8-6-4-2/h52-54,57-59H,3-51H2,1-2H3,(H,56,60). The number of amides is 1. The van der Waals surface area contributed by atoms with Crippen LogP contribution in [0.2, 0.25) is 0 Å². The van der Waals surface area contributed by atoms with Crippen LogP contribution < -0.4 is 5.32 Å². The van der Waals surface area contributed by atoms with Crippen LogP contribution in [-0.4, -0.2) is 46.1 Å². The molecule has 1 amide bonds. The van der Waals surface area contributed by atoms with E-state index < -0.39 is 18.2 Å². The van der Waals surface area contributed by atoms with Crippen LogP contribution in [0.5, 0.6) is 0 Å². The fourth-order valence-corrected chi connectivity index (χ4v) is 9.17. The van der Waals surface area contributed by atoms with Crippen molar-refractivity contribution in [2.24, 2.45) is 0 Å². The summed E-state index contributed by atoms with van der Waals surface area (Å²) in [7, 11) is 0. The summed E-state index contributed by atoms with van der Waals surface area (Å²) in [5, 5.41) is 33.6. The summed E-state index contributed by atoms with van der Waals surface area (Å²) in [5.74, 6) is -0.274. The molecule has 0 aliphatic heterocycles. The van der Waals surface area contributed by atoms with E-state index in [2.05, 4.69) is 19.2 Å². The van der Waals surface area contributed by atoms with Gasteiger partial charge >= 0.3 is 0 Å². The van der Waals surface area contributed by atoms with E-state index in [1.807, 2.05) is 0 Å². The third kappa shape index (κ3) is 46.8. The van der Waals surface area contributed by atoms with Crippen molar-refractivity contribution >= 4 is 5.91 Å². The largest absolute Gasteiger partial charge is 0.394 e. The fraction of sp³-hybridized carbons (Fsp3) is 0.982. The summed E-state index contributed by atoms with van der Waals surface area (Å²) < 4.78 is 0. The predicted octanol–water partition coefficient (Wildman–Crippen LogP) is 16.9. The Kier molecular flexibility index (Phi) is 50.4. The third-order valence-corrected chi connectivity index (χ3v) is 13.4. The Balaban J connectivity index is 3.49. The van der Waals surface area contributed by atoms with Gasteiger partial charge in [-0.1, -0.05) is 303 Å². The molecule has 4 N–H and O–H groups in total. The average molecular weight is 850 g/mol. The third-order valence-electron chi connectivity index (χ3n) is 13.4. The maximum Gasteiger partial charge on any atom is 0.222 e. The van der Waals surface area contributed by atoms with Crippen LogP contribution in [0.3, 0.4) is 0 Å². The smallest absolute Gasteiger partial charge is 0.222 e. The average Bonchev–Trinajstić information content (AvgIpc) is 3.24. The van der Waals surface area contributed by atoms with Crippen LogP contribution in [0.25, 0.3) is 0 Å². The summed E-state index contributed by atoms with van der Waals surface area (Å²) in [6.45, 7) is 4.31. The van der Waals surface area contributed by atoms with Gasteiger partial charge in [-0.2, -0.15) is 0 Å². The number of aliphatic hydroxyl groups is 3. The highest BCUT2D eigenvalue weighted by Crippen LogP contribution is 2.18. The predicted molar refractivity (Wildman–Crippen MR) is 264 cm³/mol. The Morgan fingerprint density at radius 3 is 0.800 bits per heavy atom. The van der Waals surface area contributed by atoms with E-state index in [0.29, 0.717) is 12.8 Å². The number of aliphatic hydroxyl groups excluding tert-OH is 3. The van der Waals surface area contributed by atoms with E-state index >= 15 is 0 Å². The Morgan fingerprint density at radius 1 is 0.350 bits per heavy atom. The highest BCUT2D eigenvalue weighted by molar-refractivity contribution is 5.76. The van der Waals surface area contributed by atoms with Crippen LogP contribution in [0, 0.1) is 0 Å². The van der Waals surface area contributed by atoms with Gasteiger partial charge in [-0.3, -0.25) is 4.79 Å². The van der Waals surface area contributed by atoms with E-state index in [9.17, 15) is 20.1 Å². The maximum absolute atomic E-state index is 12.5. The molecule has 5 heteroatoms. The van der Waals surface area contributed by atoms with Crippen molar-refractivity contribution < 1.29 is 20.1 Å². The van der Waals surface area contributed by atoms with Gasteiger partial charge in [0.25, 0.3) is 0 Å². The second kappa shape index (κ2) is 51.0. The van der Waals surface area contributed by atoms with Gasteiger partial charge in [-0.15, -0.1) is 0 Å². The highest BCUT2D eigenvalue weighted by atomic mass is 16.3. The zero-order valence-corrected chi connectivity index (χ0v) is 41.1. The van der Waals surface area contributed by atoms with Gasteiger partial charge in [0.15, 0.2) is 0 Å². The first kappa shape index (κ1) is 59.4. The van der Waals surface area contributed by atoms with Crippen LogP contribution in [0.15, 0.2) is 0 Å². The Morgan fingerprint density at radius 2 is 0.567 bits per heavy atom. The van der Waals surface area contributed by atoms with Crippen molar-refractivity contribution in [2.45, 2.75) is 340 Å². The van der Waals surface area contributed by atoms with Gasteiger partial charge in [0.2, 0.25) is 5.91 Å².